The first-order valence-corrected chi connectivity index (χ1v) is 7.97. The van der Waals surface area contributed by atoms with Gasteiger partial charge in [0.2, 0.25) is 0 Å². The Morgan fingerprint density at radius 2 is 1.28 bits per heavy atom. The summed E-state index contributed by atoms with van der Waals surface area (Å²) in [6.45, 7) is 5.26. The highest BCUT2D eigenvalue weighted by Crippen LogP contribution is 2.10. The fourth-order valence-electron chi connectivity index (χ4n) is 2.12. The molecule has 0 aliphatic carbocycles. The Hall–Kier alpha value is -0.660. The van der Waals surface area contributed by atoms with Crippen molar-refractivity contribution in [2.45, 2.75) is 84.5 Å². The molecule has 18 heavy (non-hydrogen) atoms. The average Bonchev–Trinajstić information content (AvgIpc) is 2.39. The van der Waals surface area contributed by atoms with E-state index in [4.69, 9.17) is 5.73 Å². The van der Waals surface area contributed by atoms with Gasteiger partial charge in [-0.05, 0) is 19.4 Å². The van der Waals surface area contributed by atoms with E-state index in [9.17, 15) is 0 Å². The second-order valence-corrected chi connectivity index (χ2v) is 5.21. The van der Waals surface area contributed by atoms with Crippen molar-refractivity contribution in [1.29, 1.82) is 0 Å². The van der Waals surface area contributed by atoms with Gasteiger partial charge in [-0.2, -0.15) is 0 Å². The van der Waals surface area contributed by atoms with E-state index in [-0.39, 0.29) is 0 Å². The first-order valence-electron chi connectivity index (χ1n) is 7.97. The van der Waals surface area contributed by atoms with Gasteiger partial charge in [0.15, 0.2) is 0 Å². The molecule has 0 aliphatic heterocycles. The SMILES string of the molecule is CC=C(N)NCCCCCCCCCCCCC. The van der Waals surface area contributed by atoms with Gasteiger partial charge in [-0.25, -0.2) is 0 Å². The van der Waals surface area contributed by atoms with Crippen LogP contribution in [0.1, 0.15) is 84.5 Å². The van der Waals surface area contributed by atoms with Gasteiger partial charge in [-0.1, -0.05) is 71.1 Å². The van der Waals surface area contributed by atoms with E-state index in [0.29, 0.717) is 0 Å². The summed E-state index contributed by atoms with van der Waals surface area (Å²) in [6.07, 6.45) is 17.2. The lowest BCUT2D eigenvalue weighted by atomic mass is 10.1. The molecule has 0 aromatic carbocycles. The third-order valence-electron chi connectivity index (χ3n) is 3.42. The monoisotopic (exact) mass is 254 g/mol. The van der Waals surface area contributed by atoms with Crippen molar-refractivity contribution in [3.8, 4) is 0 Å². The Morgan fingerprint density at radius 1 is 0.833 bits per heavy atom. The highest BCUT2D eigenvalue weighted by Gasteiger charge is 1.93. The second-order valence-electron chi connectivity index (χ2n) is 5.21. The van der Waals surface area contributed by atoms with Crippen molar-refractivity contribution in [3.63, 3.8) is 0 Å². The molecule has 2 nitrogen and oxygen atoms in total. The molecular weight excluding hydrogens is 220 g/mol. The number of hydrogen-bond acceptors (Lipinski definition) is 2. The highest BCUT2D eigenvalue weighted by molar-refractivity contribution is 4.89. The third kappa shape index (κ3) is 13.4. The predicted molar refractivity (Wildman–Crippen MR) is 82.4 cm³/mol. The third-order valence-corrected chi connectivity index (χ3v) is 3.42. The van der Waals surface area contributed by atoms with Crippen LogP contribution in [0, 0.1) is 0 Å². The molecule has 0 saturated heterocycles. The molecule has 0 fully saturated rings. The summed E-state index contributed by atoms with van der Waals surface area (Å²) in [5.41, 5.74) is 5.65. The molecule has 0 heterocycles. The van der Waals surface area contributed by atoms with E-state index >= 15 is 0 Å². The molecule has 0 aliphatic rings. The van der Waals surface area contributed by atoms with E-state index in [1.165, 1.54) is 70.6 Å². The number of allylic oxidation sites excluding steroid dienone is 1. The maximum atomic E-state index is 5.65. The van der Waals surface area contributed by atoms with Crippen molar-refractivity contribution in [2.75, 3.05) is 6.54 Å². The first-order chi connectivity index (χ1) is 8.81. The molecule has 0 spiro atoms. The Kier molecular flexibility index (Phi) is 13.9. The molecule has 0 bridgehead atoms. The van der Waals surface area contributed by atoms with Gasteiger partial charge < -0.3 is 11.1 Å². The molecular formula is C16H34N2. The first kappa shape index (κ1) is 17.3. The van der Waals surface area contributed by atoms with Crippen molar-refractivity contribution < 1.29 is 0 Å². The van der Waals surface area contributed by atoms with Crippen LogP contribution in [-0.4, -0.2) is 6.54 Å². The van der Waals surface area contributed by atoms with Gasteiger partial charge in [0.1, 0.15) is 0 Å². The van der Waals surface area contributed by atoms with E-state index in [2.05, 4.69) is 12.2 Å². The molecule has 0 saturated carbocycles. The lowest BCUT2D eigenvalue weighted by Gasteiger charge is -2.05. The molecule has 108 valence electrons. The van der Waals surface area contributed by atoms with E-state index in [1.54, 1.807) is 0 Å². The summed E-state index contributed by atoms with van der Waals surface area (Å²) in [5.74, 6) is 0.807. The van der Waals surface area contributed by atoms with E-state index < -0.39 is 0 Å². The summed E-state index contributed by atoms with van der Waals surface area (Å²) in [7, 11) is 0. The number of rotatable bonds is 13. The van der Waals surface area contributed by atoms with Gasteiger partial charge >= 0.3 is 0 Å². The molecule has 0 rings (SSSR count). The zero-order valence-corrected chi connectivity index (χ0v) is 12.6. The fraction of sp³-hybridized carbons (Fsp3) is 0.875. The predicted octanol–water partition coefficient (Wildman–Crippen LogP) is 4.71. The summed E-state index contributed by atoms with van der Waals surface area (Å²) in [4.78, 5) is 0. The standard InChI is InChI=1S/C16H34N2/c1-3-5-6-7-8-9-10-11-12-13-14-15-18-16(17)4-2/h4,18H,3,5-15,17H2,1-2H3. The Labute approximate surface area is 114 Å². The average molecular weight is 254 g/mol. The number of unbranched alkanes of at least 4 members (excludes halogenated alkanes) is 10. The molecule has 0 amide bonds. The molecule has 0 aromatic heterocycles. The van der Waals surface area contributed by atoms with Crippen LogP contribution in [0.4, 0.5) is 0 Å². The Bertz CT molecular complexity index is 188. The maximum absolute atomic E-state index is 5.65. The lowest BCUT2D eigenvalue weighted by molar-refractivity contribution is 0.545. The zero-order valence-electron chi connectivity index (χ0n) is 12.6. The normalized spacial score (nSPS) is 11.8. The van der Waals surface area contributed by atoms with Gasteiger partial charge in [0.25, 0.3) is 0 Å². The summed E-state index contributed by atoms with van der Waals surface area (Å²) in [5, 5.41) is 3.20. The minimum atomic E-state index is 0.807. The van der Waals surface area contributed by atoms with Crippen molar-refractivity contribution in [2.24, 2.45) is 5.73 Å². The van der Waals surface area contributed by atoms with Crippen LogP contribution in [0.2, 0.25) is 0 Å². The minimum Gasteiger partial charge on any atom is -0.386 e. The van der Waals surface area contributed by atoms with Crippen LogP contribution in [0.25, 0.3) is 0 Å². The van der Waals surface area contributed by atoms with Crippen LogP contribution in [-0.2, 0) is 0 Å². The number of nitrogens with one attached hydrogen (secondary N) is 1. The van der Waals surface area contributed by atoms with Crippen molar-refractivity contribution in [3.05, 3.63) is 11.9 Å². The van der Waals surface area contributed by atoms with E-state index in [0.717, 1.165) is 12.4 Å². The molecule has 0 aromatic rings. The van der Waals surface area contributed by atoms with Crippen LogP contribution < -0.4 is 11.1 Å². The van der Waals surface area contributed by atoms with Crippen LogP contribution >= 0.6 is 0 Å². The Balaban J connectivity index is 2.99. The molecule has 0 unspecified atom stereocenters. The largest absolute Gasteiger partial charge is 0.386 e. The van der Waals surface area contributed by atoms with Gasteiger partial charge in [-0.3, -0.25) is 0 Å². The summed E-state index contributed by atoms with van der Waals surface area (Å²) in [6, 6.07) is 0. The second kappa shape index (κ2) is 14.4. The number of nitrogens with two attached hydrogens (primary N) is 1. The summed E-state index contributed by atoms with van der Waals surface area (Å²) >= 11 is 0. The van der Waals surface area contributed by atoms with Crippen LogP contribution in [0.3, 0.4) is 0 Å². The lowest BCUT2D eigenvalue weighted by Crippen LogP contribution is -2.20. The van der Waals surface area contributed by atoms with Crippen LogP contribution in [0.15, 0.2) is 11.9 Å². The minimum absolute atomic E-state index is 0.807. The maximum Gasteiger partial charge on any atom is 0.0916 e. The topological polar surface area (TPSA) is 38.0 Å². The summed E-state index contributed by atoms with van der Waals surface area (Å²) < 4.78 is 0. The molecule has 3 N–H and O–H groups in total. The van der Waals surface area contributed by atoms with Crippen molar-refractivity contribution >= 4 is 0 Å². The van der Waals surface area contributed by atoms with Gasteiger partial charge in [0.05, 0.1) is 5.82 Å². The van der Waals surface area contributed by atoms with Crippen LogP contribution in [0.5, 0.6) is 0 Å². The number of hydrogen-bond donors (Lipinski definition) is 2. The van der Waals surface area contributed by atoms with E-state index in [1.807, 2.05) is 13.0 Å². The molecule has 0 radical (unpaired) electrons. The fourth-order valence-corrected chi connectivity index (χ4v) is 2.12. The highest BCUT2D eigenvalue weighted by atomic mass is 15.0. The Morgan fingerprint density at radius 3 is 1.72 bits per heavy atom. The van der Waals surface area contributed by atoms with Crippen molar-refractivity contribution in [1.82, 2.24) is 5.32 Å². The quantitative estimate of drug-likeness (QED) is 0.467. The van der Waals surface area contributed by atoms with Gasteiger partial charge in [-0.15, -0.1) is 0 Å². The molecule has 2 heteroatoms. The zero-order chi connectivity index (χ0) is 13.5. The smallest absolute Gasteiger partial charge is 0.0916 e. The molecule has 0 atom stereocenters. The van der Waals surface area contributed by atoms with Gasteiger partial charge in [0, 0.05) is 6.54 Å².